The highest BCUT2D eigenvalue weighted by Crippen LogP contribution is 2.20. The molecule has 8 heteroatoms. The molecule has 0 aliphatic carbocycles. The van der Waals surface area contributed by atoms with Gasteiger partial charge in [-0.3, -0.25) is 9.59 Å². The first-order valence-corrected chi connectivity index (χ1v) is 9.14. The number of amides is 1. The fourth-order valence-corrected chi connectivity index (χ4v) is 2.80. The van der Waals surface area contributed by atoms with Crippen LogP contribution in [0.3, 0.4) is 0 Å². The highest BCUT2D eigenvalue weighted by Gasteiger charge is 2.26. The molecule has 154 valence electrons. The predicted octanol–water partition coefficient (Wildman–Crippen LogP) is 3.19. The first kappa shape index (κ1) is 21.9. The van der Waals surface area contributed by atoms with Crippen molar-refractivity contribution in [2.45, 2.75) is 40.7 Å². The maximum absolute atomic E-state index is 12.5. The van der Waals surface area contributed by atoms with Crippen LogP contribution in [0.25, 0.3) is 0 Å². The summed E-state index contributed by atoms with van der Waals surface area (Å²) in [6.45, 7) is 8.01. The van der Waals surface area contributed by atoms with Crippen molar-refractivity contribution in [3.05, 3.63) is 52.3 Å². The van der Waals surface area contributed by atoms with Crippen molar-refractivity contribution < 1.29 is 28.7 Å². The van der Waals surface area contributed by atoms with E-state index in [1.165, 1.54) is 13.8 Å². The van der Waals surface area contributed by atoms with E-state index in [-0.39, 0.29) is 23.6 Å². The van der Waals surface area contributed by atoms with E-state index in [2.05, 4.69) is 10.3 Å². The predicted molar refractivity (Wildman–Crippen MR) is 106 cm³/mol. The monoisotopic (exact) mass is 400 g/mol. The molecule has 1 amide bonds. The molecule has 29 heavy (non-hydrogen) atoms. The highest BCUT2D eigenvalue weighted by molar-refractivity contribution is 6.01. The third-order valence-corrected chi connectivity index (χ3v) is 4.31. The Hall–Kier alpha value is -3.42. The fraction of sp³-hybridized carbons (Fsp3) is 0.333. The summed E-state index contributed by atoms with van der Waals surface area (Å²) < 4.78 is 10.2. The van der Waals surface area contributed by atoms with Gasteiger partial charge >= 0.3 is 11.9 Å². The van der Waals surface area contributed by atoms with Crippen LogP contribution in [0.15, 0.2) is 24.3 Å². The normalized spacial score (nSPS) is 11.5. The van der Waals surface area contributed by atoms with E-state index < -0.39 is 23.9 Å². The average Bonchev–Trinajstić information content (AvgIpc) is 2.96. The molecule has 0 aliphatic heterocycles. The number of aromatic nitrogens is 1. The smallest absolute Gasteiger partial charge is 0.355 e. The molecule has 0 radical (unpaired) electrons. The third-order valence-electron chi connectivity index (χ3n) is 4.31. The lowest BCUT2D eigenvalue weighted by Crippen LogP contribution is -2.30. The van der Waals surface area contributed by atoms with Gasteiger partial charge in [0.15, 0.2) is 11.9 Å². The first-order chi connectivity index (χ1) is 13.6. The number of H-pyrrole nitrogens is 1. The van der Waals surface area contributed by atoms with Gasteiger partial charge in [-0.15, -0.1) is 0 Å². The molecule has 0 saturated carbocycles. The number of hydrogen-bond acceptors (Lipinski definition) is 6. The van der Waals surface area contributed by atoms with Gasteiger partial charge in [-0.25, -0.2) is 9.59 Å². The van der Waals surface area contributed by atoms with Crippen molar-refractivity contribution >= 4 is 29.3 Å². The molecule has 2 rings (SSSR count). The van der Waals surface area contributed by atoms with Crippen LogP contribution in [-0.4, -0.2) is 41.3 Å². The minimum atomic E-state index is -1.10. The summed E-state index contributed by atoms with van der Waals surface area (Å²) in [6, 6.07) is 6.45. The van der Waals surface area contributed by atoms with Crippen molar-refractivity contribution in [2.24, 2.45) is 0 Å². The number of aromatic amines is 1. The number of aryl methyl sites for hydroxylation is 1. The maximum Gasteiger partial charge on any atom is 0.355 e. The second kappa shape index (κ2) is 9.18. The molecular formula is C21H24N2O6. The molecule has 0 spiro atoms. The van der Waals surface area contributed by atoms with E-state index in [4.69, 9.17) is 9.47 Å². The zero-order valence-corrected chi connectivity index (χ0v) is 17.0. The third kappa shape index (κ3) is 5.10. The average molecular weight is 400 g/mol. The molecule has 2 aromatic rings. The summed E-state index contributed by atoms with van der Waals surface area (Å²) in [5, 5.41) is 2.61. The van der Waals surface area contributed by atoms with E-state index in [1.807, 2.05) is 0 Å². The highest BCUT2D eigenvalue weighted by atomic mass is 16.5. The molecule has 0 fully saturated rings. The van der Waals surface area contributed by atoms with Gasteiger partial charge < -0.3 is 19.8 Å². The zero-order chi connectivity index (χ0) is 21.7. The summed E-state index contributed by atoms with van der Waals surface area (Å²) in [5.74, 6) is -1.98. The number of nitrogens with one attached hydrogen (secondary N) is 2. The Morgan fingerprint density at radius 1 is 1.14 bits per heavy atom. The summed E-state index contributed by atoms with van der Waals surface area (Å²) in [4.78, 5) is 51.2. The molecule has 2 N–H and O–H groups in total. The molecule has 1 atom stereocenters. The standard InChI is InChI=1S/C21H24N2O6/c1-6-28-20(26)17-11(2)18(22-12(17)3)21(27)29-14(5)19(25)23-16-9-7-8-15(10-16)13(4)24/h7-10,14,22H,6H2,1-5H3,(H,23,25)/t14-/m1/s1. The van der Waals surface area contributed by atoms with Crippen LogP contribution in [-0.2, 0) is 14.3 Å². The topological polar surface area (TPSA) is 115 Å². The number of carbonyl (C=O) groups is 4. The number of Topliss-reactive ketones (excluding diaryl/α,β-unsaturated/α-hetero) is 1. The summed E-state index contributed by atoms with van der Waals surface area (Å²) in [7, 11) is 0. The molecule has 8 nitrogen and oxygen atoms in total. The van der Waals surface area contributed by atoms with Gasteiger partial charge in [0.25, 0.3) is 5.91 Å². The number of hydrogen-bond donors (Lipinski definition) is 2. The Morgan fingerprint density at radius 2 is 1.83 bits per heavy atom. The number of carbonyl (C=O) groups excluding carboxylic acids is 4. The molecule has 1 heterocycles. The molecule has 1 aromatic carbocycles. The van der Waals surface area contributed by atoms with Crippen LogP contribution in [0, 0.1) is 13.8 Å². The Balaban J connectivity index is 2.10. The van der Waals surface area contributed by atoms with Crippen LogP contribution in [0.1, 0.15) is 63.2 Å². The summed E-state index contributed by atoms with van der Waals surface area (Å²) in [6.07, 6.45) is -1.10. The maximum atomic E-state index is 12.5. The number of esters is 2. The van der Waals surface area contributed by atoms with Crippen molar-refractivity contribution in [3.8, 4) is 0 Å². The van der Waals surface area contributed by atoms with Gasteiger partial charge in [0.1, 0.15) is 5.69 Å². The van der Waals surface area contributed by atoms with Crippen molar-refractivity contribution in [3.63, 3.8) is 0 Å². The number of anilines is 1. The lowest BCUT2D eigenvalue weighted by Gasteiger charge is -2.14. The number of ketones is 1. The Bertz CT molecular complexity index is 960. The second-order valence-corrected chi connectivity index (χ2v) is 6.52. The second-order valence-electron chi connectivity index (χ2n) is 6.52. The molecule has 0 bridgehead atoms. The van der Waals surface area contributed by atoms with Gasteiger partial charge in [0, 0.05) is 16.9 Å². The van der Waals surface area contributed by atoms with E-state index in [1.54, 1.807) is 45.0 Å². The minimum Gasteiger partial charge on any atom is -0.462 e. The molecular weight excluding hydrogens is 376 g/mol. The Labute approximate surface area is 168 Å². The van der Waals surface area contributed by atoms with Crippen LogP contribution < -0.4 is 5.32 Å². The van der Waals surface area contributed by atoms with E-state index >= 15 is 0 Å². The van der Waals surface area contributed by atoms with E-state index in [9.17, 15) is 19.2 Å². The van der Waals surface area contributed by atoms with Gasteiger partial charge in [-0.2, -0.15) is 0 Å². The lowest BCUT2D eigenvalue weighted by atomic mass is 10.1. The molecule has 0 unspecified atom stereocenters. The number of benzene rings is 1. The molecule has 1 aromatic heterocycles. The fourth-order valence-electron chi connectivity index (χ4n) is 2.80. The summed E-state index contributed by atoms with van der Waals surface area (Å²) >= 11 is 0. The summed E-state index contributed by atoms with van der Waals surface area (Å²) in [5.41, 5.74) is 2.11. The van der Waals surface area contributed by atoms with Crippen LogP contribution in [0.4, 0.5) is 5.69 Å². The van der Waals surface area contributed by atoms with E-state index in [0.717, 1.165) is 0 Å². The Morgan fingerprint density at radius 3 is 2.45 bits per heavy atom. The molecule has 0 aliphatic rings. The van der Waals surface area contributed by atoms with Gasteiger partial charge in [0.2, 0.25) is 0 Å². The van der Waals surface area contributed by atoms with Crippen molar-refractivity contribution in [1.82, 2.24) is 4.98 Å². The largest absolute Gasteiger partial charge is 0.462 e. The van der Waals surface area contributed by atoms with Gasteiger partial charge in [0.05, 0.1) is 12.2 Å². The van der Waals surface area contributed by atoms with Crippen LogP contribution in [0.5, 0.6) is 0 Å². The first-order valence-electron chi connectivity index (χ1n) is 9.14. The SMILES string of the molecule is CCOC(=O)c1c(C)[nH]c(C(=O)O[C@H](C)C(=O)Nc2cccc(C(C)=O)c2)c1C. The van der Waals surface area contributed by atoms with Gasteiger partial charge in [-0.1, -0.05) is 12.1 Å². The van der Waals surface area contributed by atoms with Gasteiger partial charge in [-0.05, 0) is 52.3 Å². The zero-order valence-electron chi connectivity index (χ0n) is 17.0. The van der Waals surface area contributed by atoms with Crippen molar-refractivity contribution in [1.29, 1.82) is 0 Å². The van der Waals surface area contributed by atoms with E-state index in [0.29, 0.717) is 22.5 Å². The van der Waals surface area contributed by atoms with Crippen molar-refractivity contribution in [2.75, 3.05) is 11.9 Å². The molecule has 0 saturated heterocycles. The van der Waals surface area contributed by atoms with Crippen LogP contribution >= 0.6 is 0 Å². The quantitative estimate of drug-likeness (QED) is 0.545. The number of rotatable bonds is 7. The van der Waals surface area contributed by atoms with Crippen LogP contribution in [0.2, 0.25) is 0 Å². The number of ether oxygens (including phenoxy) is 2. The lowest BCUT2D eigenvalue weighted by molar-refractivity contribution is -0.123. The minimum absolute atomic E-state index is 0.0868. The Kier molecular flexibility index (Phi) is 6.93.